The number of hydrogen-bond donors (Lipinski definition) is 0. The largest absolute Gasteiger partial charge is 0.494 e. The van der Waals surface area contributed by atoms with E-state index in [0.29, 0.717) is 26.4 Å². The highest BCUT2D eigenvalue weighted by Gasteiger charge is 2.03. The van der Waals surface area contributed by atoms with E-state index >= 15 is 0 Å². The van der Waals surface area contributed by atoms with E-state index in [1.54, 1.807) is 0 Å². The van der Waals surface area contributed by atoms with E-state index in [9.17, 15) is 0 Å². The van der Waals surface area contributed by atoms with Gasteiger partial charge in [0.15, 0.2) is 0 Å². The van der Waals surface area contributed by atoms with Gasteiger partial charge >= 0.3 is 0 Å². The molecule has 4 rings (SSSR count). The summed E-state index contributed by atoms with van der Waals surface area (Å²) in [6.07, 6.45) is 12.4. The molecule has 0 radical (unpaired) electrons. The second-order valence-corrected chi connectivity index (χ2v) is 12.0. The summed E-state index contributed by atoms with van der Waals surface area (Å²) in [5, 5.41) is 0. The second kappa shape index (κ2) is 23.0. The average molecular weight is 667 g/mol. The van der Waals surface area contributed by atoms with Gasteiger partial charge in [0.05, 0.1) is 39.6 Å². The normalized spacial score (nSPS) is 10.8. The monoisotopic (exact) mass is 666 g/mol. The van der Waals surface area contributed by atoms with Crippen LogP contribution in [0.1, 0.15) is 71.1 Å². The van der Waals surface area contributed by atoms with E-state index in [2.05, 4.69) is 38.1 Å². The van der Waals surface area contributed by atoms with Crippen LogP contribution in [-0.4, -0.2) is 39.6 Å². The number of benzene rings is 4. The fourth-order valence-corrected chi connectivity index (χ4v) is 5.09. The van der Waals surface area contributed by atoms with Crippen molar-refractivity contribution in [2.24, 2.45) is 0 Å². The molecule has 6 heteroatoms. The molecule has 0 bridgehead atoms. The Kier molecular flexibility index (Phi) is 17.5. The summed E-state index contributed by atoms with van der Waals surface area (Å²) in [6, 6.07) is 32.2. The molecular formula is C43H54O6. The molecular weight excluding hydrogens is 612 g/mol. The van der Waals surface area contributed by atoms with Crippen LogP contribution in [0.25, 0.3) is 11.1 Å². The summed E-state index contributed by atoms with van der Waals surface area (Å²) in [7, 11) is 0. The molecule has 0 aliphatic rings. The summed E-state index contributed by atoms with van der Waals surface area (Å²) in [5.74, 6) is 5.22. The standard InChI is InChI=1S/C43H54O6/c1-3-5-9-30-44-38-18-14-36(15-19-38)37-16-20-39(21-17-37)46-32-11-7-8-12-33-47-41-24-28-43(29-25-41)49-35-13-34-48-42-26-22-40(23-27-42)45-31-10-6-4-2/h4,14-29H,2-3,5-13,30-35H2,1H3. The van der Waals surface area contributed by atoms with Crippen molar-refractivity contribution in [2.45, 2.75) is 71.1 Å². The van der Waals surface area contributed by atoms with Gasteiger partial charge in [0.2, 0.25) is 0 Å². The molecule has 0 aliphatic carbocycles. The van der Waals surface area contributed by atoms with Crippen LogP contribution in [0.5, 0.6) is 34.5 Å². The lowest BCUT2D eigenvalue weighted by atomic mass is 10.1. The van der Waals surface area contributed by atoms with Gasteiger partial charge in [-0.3, -0.25) is 0 Å². The Morgan fingerprint density at radius 1 is 0.367 bits per heavy atom. The minimum atomic E-state index is 0.587. The first-order chi connectivity index (χ1) is 24.2. The van der Waals surface area contributed by atoms with Crippen LogP contribution in [0, 0.1) is 13.3 Å². The molecule has 0 saturated heterocycles. The highest BCUT2D eigenvalue weighted by Crippen LogP contribution is 2.25. The van der Waals surface area contributed by atoms with Gasteiger partial charge in [-0.2, -0.15) is 0 Å². The zero-order valence-electron chi connectivity index (χ0n) is 29.3. The summed E-state index contributed by atoms with van der Waals surface area (Å²) >= 11 is 0. The van der Waals surface area contributed by atoms with Crippen molar-refractivity contribution in [3.63, 3.8) is 0 Å². The predicted octanol–water partition coefficient (Wildman–Crippen LogP) is 11.0. The fraction of sp³-hybridized carbons (Fsp3) is 0.395. The molecule has 0 fully saturated rings. The molecule has 0 spiro atoms. The van der Waals surface area contributed by atoms with Crippen molar-refractivity contribution < 1.29 is 28.4 Å². The van der Waals surface area contributed by atoms with E-state index in [4.69, 9.17) is 28.4 Å². The Bertz CT molecular complexity index is 1380. The van der Waals surface area contributed by atoms with E-state index in [-0.39, 0.29) is 0 Å². The lowest BCUT2D eigenvalue weighted by molar-refractivity contribution is 0.246. The first kappa shape index (κ1) is 37.4. The van der Waals surface area contributed by atoms with Crippen LogP contribution < -0.4 is 28.4 Å². The fourth-order valence-electron chi connectivity index (χ4n) is 5.09. The molecule has 0 heterocycles. The molecule has 0 aromatic heterocycles. The molecule has 0 N–H and O–H groups in total. The molecule has 0 unspecified atom stereocenters. The Balaban J connectivity index is 0.984. The van der Waals surface area contributed by atoms with Gasteiger partial charge in [0.25, 0.3) is 0 Å². The van der Waals surface area contributed by atoms with Crippen molar-refractivity contribution in [1.82, 2.24) is 0 Å². The molecule has 0 atom stereocenters. The molecule has 262 valence electrons. The third-order valence-corrected chi connectivity index (χ3v) is 7.93. The quantitative estimate of drug-likeness (QED) is 0.0491. The van der Waals surface area contributed by atoms with Gasteiger partial charge in [0.1, 0.15) is 34.5 Å². The maximum atomic E-state index is 5.97. The lowest BCUT2D eigenvalue weighted by Gasteiger charge is -2.10. The second-order valence-electron chi connectivity index (χ2n) is 12.0. The summed E-state index contributed by atoms with van der Waals surface area (Å²) in [4.78, 5) is 0. The first-order valence-electron chi connectivity index (χ1n) is 18.0. The van der Waals surface area contributed by atoms with Gasteiger partial charge in [-0.15, -0.1) is 12.8 Å². The van der Waals surface area contributed by atoms with Gasteiger partial charge < -0.3 is 28.4 Å². The highest BCUT2D eigenvalue weighted by atomic mass is 16.5. The third kappa shape index (κ3) is 15.1. The first-order valence-corrected chi connectivity index (χ1v) is 18.0. The Morgan fingerprint density at radius 2 is 0.653 bits per heavy atom. The minimum Gasteiger partial charge on any atom is -0.494 e. The summed E-state index contributed by atoms with van der Waals surface area (Å²) in [6.45, 7) is 10.0. The molecule has 0 aliphatic heterocycles. The van der Waals surface area contributed by atoms with Gasteiger partial charge in [-0.25, -0.2) is 0 Å². The number of unbranched alkanes of at least 4 members (excludes halogenated alkanes) is 7. The van der Waals surface area contributed by atoms with Crippen molar-refractivity contribution in [3.8, 4) is 45.6 Å². The molecule has 49 heavy (non-hydrogen) atoms. The number of ether oxygens (including phenoxy) is 6. The summed E-state index contributed by atoms with van der Waals surface area (Å²) < 4.78 is 35.1. The van der Waals surface area contributed by atoms with E-state index < -0.39 is 0 Å². The molecule has 4 aromatic rings. The van der Waals surface area contributed by atoms with Crippen LogP contribution in [0.2, 0.25) is 0 Å². The van der Waals surface area contributed by atoms with Crippen LogP contribution in [-0.2, 0) is 0 Å². The maximum Gasteiger partial charge on any atom is 0.119 e. The molecule has 6 nitrogen and oxygen atoms in total. The Hall–Kier alpha value is -4.45. The SMILES string of the molecule is [CH2+][CH-]CCCOc1ccc(OCCCOc2ccc(OCCCCCCOc3ccc(-c4ccc(OCCCCC)cc4)cc3)cc2)cc1. The van der Waals surface area contributed by atoms with E-state index in [0.717, 1.165) is 99.1 Å². The average Bonchev–Trinajstić information content (AvgIpc) is 3.14. The summed E-state index contributed by atoms with van der Waals surface area (Å²) in [5.41, 5.74) is 2.35. The smallest absolute Gasteiger partial charge is 0.119 e. The zero-order valence-corrected chi connectivity index (χ0v) is 29.3. The van der Waals surface area contributed by atoms with Crippen LogP contribution in [0.3, 0.4) is 0 Å². The van der Waals surface area contributed by atoms with Gasteiger partial charge in [-0.1, -0.05) is 51.0 Å². The predicted molar refractivity (Wildman–Crippen MR) is 199 cm³/mol. The van der Waals surface area contributed by atoms with Crippen molar-refractivity contribution in [1.29, 1.82) is 0 Å². The third-order valence-electron chi connectivity index (χ3n) is 7.93. The minimum absolute atomic E-state index is 0.587. The molecule has 4 aromatic carbocycles. The van der Waals surface area contributed by atoms with Crippen molar-refractivity contribution in [2.75, 3.05) is 39.6 Å². The maximum absolute atomic E-state index is 5.97. The lowest BCUT2D eigenvalue weighted by Crippen LogP contribution is -2.05. The highest BCUT2D eigenvalue weighted by molar-refractivity contribution is 5.64. The van der Waals surface area contributed by atoms with E-state index in [1.165, 1.54) is 24.0 Å². The van der Waals surface area contributed by atoms with Crippen molar-refractivity contribution in [3.05, 3.63) is 110 Å². The van der Waals surface area contributed by atoms with Crippen LogP contribution in [0.4, 0.5) is 0 Å². The molecule has 0 amide bonds. The number of rotatable bonds is 26. The zero-order chi connectivity index (χ0) is 34.2. The Morgan fingerprint density at radius 3 is 0.980 bits per heavy atom. The topological polar surface area (TPSA) is 55.4 Å². The van der Waals surface area contributed by atoms with Crippen molar-refractivity contribution >= 4 is 0 Å². The van der Waals surface area contributed by atoms with Crippen LogP contribution >= 0.6 is 0 Å². The van der Waals surface area contributed by atoms with Gasteiger partial charge in [-0.05, 0) is 122 Å². The molecule has 0 saturated carbocycles. The van der Waals surface area contributed by atoms with Crippen LogP contribution in [0.15, 0.2) is 97.1 Å². The number of hydrogen-bond acceptors (Lipinski definition) is 6. The van der Waals surface area contributed by atoms with Gasteiger partial charge in [0, 0.05) is 6.42 Å². The Labute approximate surface area is 294 Å². The van der Waals surface area contributed by atoms with E-state index in [1.807, 2.05) is 79.2 Å².